The van der Waals surface area contributed by atoms with Gasteiger partial charge in [0, 0.05) is 32.2 Å². The van der Waals surface area contributed by atoms with E-state index in [1.807, 2.05) is 6.07 Å². The van der Waals surface area contributed by atoms with Crippen LogP contribution in [0.25, 0.3) is 0 Å². The average molecular weight is 475 g/mol. The van der Waals surface area contributed by atoms with Crippen LogP contribution in [0, 0.1) is 11.8 Å². The standard InChI is InChI=1S/C28H42O6/c29-17-16-23-24(26(20-25(23)30)34-28-11-5-7-19-32-28)15-14-22(33-27-10-4-6-18-31-27)13-12-21-8-2-1-3-9-21/h1-3,8-9,14-15,22-30H,4-7,10-13,16-20H2/t22-,23?,24?,25?,26?,27?,28?/m0/s1. The van der Waals surface area contributed by atoms with Crippen molar-refractivity contribution in [3.8, 4) is 0 Å². The second kappa shape index (κ2) is 13.7. The van der Waals surface area contributed by atoms with Crippen LogP contribution >= 0.6 is 0 Å². The van der Waals surface area contributed by atoms with E-state index in [1.165, 1.54) is 5.56 Å². The molecule has 3 fully saturated rings. The molecule has 4 rings (SSSR count). The van der Waals surface area contributed by atoms with E-state index in [-0.39, 0.29) is 43.2 Å². The summed E-state index contributed by atoms with van der Waals surface area (Å²) in [5, 5.41) is 20.4. The lowest BCUT2D eigenvalue weighted by molar-refractivity contribution is -0.193. The number of benzene rings is 1. The first-order chi connectivity index (χ1) is 16.7. The quantitative estimate of drug-likeness (QED) is 0.464. The lowest BCUT2D eigenvalue weighted by Crippen LogP contribution is -2.31. The number of aryl methyl sites for hydroxylation is 1. The third-order valence-corrected chi connectivity index (χ3v) is 7.39. The van der Waals surface area contributed by atoms with Crippen LogP contribution in [0.3, 0.4) is 0 Å². The Balaban J connectivity index is 1.45. The molecule has 0 bridgehead atoms. The molecular weight excluding hydrogens is 432 g/mol. The van der Waals surface area contributed by atoms with Crippen LogP contribution in [-0.4, -0.2) is 60.9 Å². The van der Waals surface area contributed by atoms with Crippen molar-refractivity contribution in [2.45, 2.75) is 95.1 Å². The second-order valence-electron chi connectivity index (χ2n) is 9.91. The van der Waals surface area contributed by atoms with Crippen LogP contribution < -0.4 is 0 Å². The molecule has 0 aromatic heterocycles. The van der Waals surface area contributed by atoms with E-state index < -0.39 is 6.10 Å². The normalized spacial score (nSPS) is 33.4. The molecule has 1 aromatic rings. The summed E-state index contributed by atoms with van der Waals surface area (Å²) in [6.45, 7) is 1.55. The Hall–Kier alpha value is -1.28. The summed E-state index contributed by atoms with van der Waals surface area (Å²) < 4.78 is 24.4. The lowest BCUT2D eigenvalue weighted by Gasteiger charge is -2.30. The van der Waals surface area contributed by atoms with Gasteiger partial charge in [-0.3, -0.25) is 0 Å². The fraction of sp³-hybridized carbons (Fsp3) is 0.714. The van der Waals surface area contributed by atoms with Crippen molar-refractivity contribution in [3.63, 3.8) is 0 Å². The third-order valence-electron chi connectivity index (χ3n) is 7.39. The third kappa shape index (κ3) is 7.61. The first-order valence-electron chi connectivity index (χ1n) is 13.3. The molecule has 2 aliphatic heterocycles. The number of aliphatic hydroxyl groups excluding tert-OH is 2. The Morgan fingerprint density at radius 1 is 1.00 bits per heavy atom. The summed E-state index contributed by atoms with van der Waals surface area (Å²) >= 11 is 0. The van der Waals surface area contributed by atoms with Gasteiger partial charge < -0.3 is 29.2 Å². The molecule has 190 valence electrons. The number of hydrogen-bond donors (Lipinski definition) is 2. The number of aliphatic hydroxyl groups is 2. The molecule has 1 saturated carbocycles. The Bertz CT molecular complexity index is 713. The van der Waals surface area contributed by atoms with Gasteiger partial charge in [-0.1, -0.05) is 42.5 Å². The Morgan fingerprint density at radius 2 is 1.74 bits per heavy atom. The van der Waals surface area contributed by atoms with Crippen LogP contribution in [0.2, 0.25) is 0 Å². The van der Waals surface area contributed by atoms with Gasteiger partial charge in [0.1, 0.15) is 0 Å². The van der Waals surface area contributed by atoms with Gasteiger partial charge in [-0.05, 0) is 69.3 Å². The molecule has 0 radical (unpaired) electrons. The van der Waals surface area contributed by atoms with Crippen molar-refractivity contribution in [1.82, 2.24) is 0 Å². The predicted octanol–water partition coefficient (Wildman–Crippen LogP) is 4.38. The zero-order valence-electron chi connectivity index (χ0n) is 20.3. The average Bonchev–Trinajstić information content (AvgIpc) is 3.16. The molecule has 6 unspecified atom stereocenters. The highest BCUT2D eigenvalue weighted by molar-refractivity contribution is 5.15. The first kappa shape index (κ1) is 25.8. The second-order valence-corrected chi connectivity index (χ2v) is 9.91. The molecule has 6 heteroatoms. The Kier molecular flexibility index (Phi) is 10.4. The highest BCUT2D eigenvalue weighted by Crippen LogP contribution is 2.39. The van der Waals surface area contributed by atoms with Gasteiger partial charge >= 0.3 is 0 Å². The van der Waals surface area contributed by atoms with Gasteiger partial charge in [0.2, 0.25) is 0 Å². The lowest BCUT2D eigenvalue weighted by atomic mass is 9.90. The van der Waals surface area contributed by atoms with E-state index in [2.05, 4.69) is 36.4 Å². The fourth-order valence-corrected chi connectivity index (χ4v) is 5.49. The van der Waals surface area contributed by atoms with E-state index in [9.17, 15) is 10.2 Å². The molecule has 2 heterocycles. The maximum atomic E-state index is 10.8. The molecule has 2 saturated heterocycles. The smallest absolute Gasteiger partial charge is 0.158 e. The molecule has 1 aliphatic carbocycles. The zero-order valence-corrected chi connectivity index (χ0v) is 20.3. The van der Waals surface area contributed by atoms with Crippen LogP contribution in [-0.2, 0) is 25.4 Å². The van der Waals surface area contributed by atoms with Gasteiger partial charge in [0.15, 0.2) is 12.6 Å². The monoisotopic (exact) mass is 474 g/mol. The molecule has 34 heavy (non-hydrogen) atoms. The molecule has 0 spiro atoms. The van der Waals surface area contributed by atoms with E-state index in [0.717, 1.165) is 64.6 Å². The van der Waals surface area contributed by atoms with E-state index in [4.69, 9.17) is 18.9 Å². The molecule has 2 N–H and O–H groups in total. The molecular formula is C28H42O6. The maximum absolute atomic E-state index is 10.8. The largest absolute Gasteiger partial charge is 0.396 e. The highest BCUT2D eigenvalue weighted by Gasteiger charge is 2.42. The van der Waals surface area contributed by atoms with Gasteiger partial charge in [-0.15, -0.1) is 0 Å². The molecule has 6 nitrogen and oxygen atoms in total. The number of hydrogen-bond acceptors (Lipinski definition) is 6. The number of ether oxygens (including phenoxy) is 4. The van der Waals surface area contributed by atoms with Crippen LogP contribution in [0.1, 0.15) is 63.4 Å². The summed E-state index contributed by atoms with van der Waals surface area (Å²) in [5.41, 5.74) is 1.29. The fourth-order valence-electron chi connectivity index (χ4n) is 5.49. The molecule has 7 atom stereocenters. The van der Waals surface area contributed by atoms with Crippen LogP contribution in [0.15, 0.2) is 42.5 Å². The van der Waals surface area contributed by atoms with Crippen molar-refractivity contribution < 1.29 is 29.2 Å². The Labute approximate surface area is 204 Å². The predicted molar refractivity (Wildman–Crippen MR) is 130 cm³/mol. The van der Waals surface area contributed by atoms with E-state index >= 15 is 0 Å². The SMILES string of the molecule is OCCC1C(O)CC(OC2CCCCO2)C1C=C[C@H](CCc1ccccc1)OC1CCCCO1. The van der Waals surface area contributed by atoms with Crippen LogP contribution in [0.5, 0.6) is 0 Å². The summed E-state index contributed by atoms with van der Waals surface area (Å²) in [6.07, 6.45) is 12.4. The van der Waals surface area contributed by atoms with Crippen molar-refractivity contribution in [3.05, 3.63) is 48.0 Å². The summed E-state index contributed by atoms with van der Waals surface area (Å²) in [7, 11) is 0. The summed E-state index contributed by atoms with van der Waals surface area (Å²) in [5.74, 6) is -0.0154. The molecule has 3 aliphatic rings. The van der Waals surface area contributed by atoms with Gasteiger partial charge in [-0.2, -0.15) is 0 Å². The van der Waals surface area contributed by atoms with E-state index in [0.29, 0.717) is 12.8 Å². The van der Waals surface area contributed by atoms with Crippen molar-refractivity contribution >= 4 is 0 Å². The van der Waals surface area contributed by atoms with Gasteiger partial charge in [0.25, 0.3) is 0 Å². The number of rotatable bonds is 11. The van der Waals surface area contributed by atoms with Crippen LogP contribution in [0.4, 0.5) is 0 Å². The minimum absolute atomic E-state index is 0.0165. The Morgan fingerprint density at radius 3 is 2.41 bits per heavy atom. The summed E-state index contributed by atoms with van der Waals surface area (Å²) in [4.78, 5) is 0. The maximum Gasteiger partial charge on any atom is 0.158 e. The minimum Gasteiger partial charge on any atom is -0.396 e. The molecule has 0 amide bonds. The summed E-state index contributed by atoms with van der Waals surface area (Å²) in [6, 6.07) is 10.5. The molecule has 1 aromatic carbocycles. The zero-order chi connectivity index (χ0) is 23.6. The highest BCUT2D eigenvalue weighted by atomic mass is 16.7. The van der Waals surface area contributed by atoms with Gasteiger partial charge in [0.05, 0.1) is 18.3 Å². The van der Waals surface area contributed by atoms with Crippen molar-refractivity contribution in [2.75, 3.05) is 19.8 Å². The van der Waals surface area contributed by atoms with E-state index in [1.54, 1.807) is 0 Å². The topological polar surface area (TPSA) is 77.4 Å². The van der Waals surface area contributed by atoms with Crippen molar-refractivity contribution in [2.24, 2.45) is 11.8 Å². The van der Waals surface area contributed by atoms with Gasteiger partial charge in [-0.25, -0.2) is 0 Å². The first-order valence-corrected chi connectivity index (χ1v) is 13.3. The minimum atomic E-state index is -0.485. The van der Waals surface area contributed by atoms with Crippen molar-refractivity contribution in [1.29, 1.82) is 0 Å².